The first-order chi connectivity index (χ1) is 11.1. The maximum atomic E-state index is 12.5. The number of hydrogen-bond acceptors (Lipinski definition) is 6. The molecule has 23 heavy (non-hydrogen) atoms. The van der Waals surface area contributed by atoms with E-state index in [1.165, 1.54) is 11.3 Å². The zero-order valence-corrected chi connectivity index (χ0v) is 14.3. The zero-order chi connectivity index (χ0) is 16.4. The molecule has 1 atom stereocenters. The van der Waals surface area contributed by atoms with Crippen molar-refractivity contribution in [2.45, 2.75) is 13.0 Å². The molecule has 0 saturated heterocycles. The largest absolute Gasteiger partial charge is 0.358 e. The molecule has 0 unspecified atom stereocenters. The van der Waals surface area contributed by atoms with Gasteiger partial charge in [-0.3, -0.25) is 14.9 Å². The Morgan fingerprint density at radius 2 is 2.26 bits per heavy atom. The highest BCUT2D eigenvalue weighted by molar-refractivity contribution is 7.18. The van der Waals surface area contributed by atoms with Crippen LogP contribution in [0.2, 0.25) is 0 Å². The number of amides is 1. The van der Waals surface area contributed by atoms with Crippen molar-refractivity contribution < 1.29 is 4.79 Å². The number of hydrogen-bond donors (Lipinski definition) is 3. The van der Waals surface area contributed by atoms with Crippen molar-refractivity contribution in [2.75, 3.05) is 13.6 Å². The van der Waals surface area contributed by atoms with E-state index in [4.69, 9.17) is 0 Å². The molecule has 0 aromatic carbocycles. The van der Waals surface area contributed by atoms with Crippen LogP contribution < -0.4 is 16.2 Å². The van der Waals surface area contributed by atoms with Crippen molar-refractivity contribution >= 4 is 38.8 Å². The number of likely N-dealkylation sites (N-methyl/N-ethyl adjacent to an activating group) is 1. The molecule has 6 nitrogen and oxygen atoms in total. The van der Waals surface area contributed by atoms with Crippen LogP contribution >= 0.6 is 22.7 Å². The van der Waals surface area contributed by atoms with Crippen molar-refractivity contribution in [3.8, 4) is 10.4 Å². The van der Waals surface area contributed by atoms with Crippen LogP contribution in [0.1, 0.15) is 18.8 Å². The molecular weight excluding hydrogens is 332 g/mol. The SMILES string of the molecule is CNC(=O)CN[C@@H](C)c1nc2scc(-c3cccs3)c2c(=O)[nH]1. The number of carbonyl (C=O) groups is 1. The molecule has 3 heterocycles. The fourth-order valence-electron chi connectivity index (χ4n) is 2.21. The highest BCUT2D eigenvalue weighted by atomic mass is 32.1. The molecular formula is C15H16N4O2S2. The van der Waals surface area contributed by atoms with E-state index in [0.717, 1.165) is 10.4 Å². The molecule has 0 saturated carbocycles. The fraction of sp³-hybridized carbons (Fsp3) is 0.267. The Kier molecular flexibility index (Phi) is 4.56. The van der Waals surface area contributed by atoms with E-state index in [-0.39, 0.29) is 24.1 Å². The van der Waals surface area contributed by atoms with E-state index < -0.39 is 0 Å². The summed E-state index contributed by atoms with van der Waals surface area (Å²) in [5, 5.41) is 10.2. The summed E-state index contributed by atoms with van der Waals surface area (Å²) in [6.45, 7) is 2.03. The van der Waals surface area contributed by atoms with Crippen molar-refractivity contribution in [1.29, 1.82) is 0 Å². The summed E-state index contributed by atoms with van der Waals surface area (Å²) in [4.78, 5) is 32.9. The number of thiophene rings is 2. The molecule has 0 bridgehead atoms. The average Bonchev–Trinajstić information content (AvgIpc) is 3.20. The standard InChI is InChI=1S/C15H16N4O2S2/c1-8(17-6-11(20)16-2)13-18-14(21)12-9(7-23-15(12)19-13)10-4-3-5-22-10/h3-5,7-8,17H,6H2,1-2H3,(H,16,20)(H,18,19,21)/t8-/m0/s1. The van der Waals surface area contributed by atoms with Crippen LogP contribution in [-0.4, -0.2) is 29.5 Å². The summed E-state index contributed by atoms with van der Waals surface area (Å²) in [7, 11) is 1.58. The number of H-pyrrole nitrogens is 1. The van der Waals surface area contributed by atoms with Gasteiger partial charge in [0.1, 0.15) is 10.7 Å². The second kappa shape index (κ2) is 6.61. The minimum absolute atomic E-state index is 0.114. The Balaban J connectivity index is 1.94. The Hall–Kier alpha value is -2.03. The lowest BCUT2D eigenvalue weighted by molar-refractivity contribution is -0.119. The maximum Gasteiger partial charge on any atom is 0.260 e. The fourth-order valence-corrected chi connectivity index (χ4v) is 3.98. The van der Waals surface area contributed by atoms with E-state index in [2.05, 4.69) is 20.6 Å². The number of nitrogens with zero attached hydrogens (tertiary/aromatic N) is 1. The Morgan fingerprint density at radius 1 is 1.43 bits per heavy atom. The molecule has 1 amide bonds. The number of aromatic nitrogens is 2. The van der Waals surface area contributed by atoms with Crippen LogP contribution in [0.15, 0.2) is 27.7 Å². The smallest absolute Gasteiger partial charge is 0.260 e. The average molecular weight is 348 g/mol. The van der Waals surface area contributed by atoms with Crippen molar-refractivity contribution in [3.63, 3.8) is 0 Å². The van der Waals surface area contributed by atoms with Gasteiger partial charge in [0.25, 0.3) is 5.56 Å². The Labute approximate surface area is 140 Å². The van der Waals surface area contributed by atoms with Crippen LogP contribution in [0.25, 0.3) is 20.7 Å². The predicted molar refractivity (Wildman–Crippen MR) is 94.0 cm³/mol. The van der Waals surface area contributed by atoms with Crippen molar-refractivity contribution in [3.05, 3.63) is 39.1 Å². The Bertz CT molecular complexity index is 883. The topological polar surface area (TPSA) is 86.9 Å². The van der Waals surface area contributed by atoms with E-state index >= 15 is 0 Å². The van der Waals surface area contributed by atoms with Gasteiger partial charge in [0.15, 0.2) is 0 Å². The quantitative estimate of drug-likeness (QED) is 0.659. The van der Waals surface area contributed by atoms with Crippen LogP contribution in [0, 0.1) is 0 Å². The molecule has 3 aromatic heterocycles. The third kappa shape index (κ3) is 3.19. The van der Waals surface area contributed by atoms with E-state index in [1.54, 1.807) is 18.4 Å². The summed E-state index contributed by atoms with van der Waals surface area (Å²) in [6, 6.07) is 3.73. The molecule has 0 fully saturated rings. The molecule has 0 aliphatic heterocycles. The lowest BCUT2D eigenvalue weighted by Gasteiger charge is -2.12. The second-order valence-corrected chi connectivity index (χ2v) is 6.84. The number of carbonyl (C=O) groups excluding carboxylic acids is 1. The lowest BCUT2D eigenvalue weighted by Crippen LogP contribution is -2.34. The predicted octanol–water partition coefficient (Wildman–Crippen LogP) is 2.11. The van der Waals surface area contributed by atoms with Gasteiger partial charge in [-0.25, -0.2) is 4.98 Å². The number of aromatic amines is 1. The van der Waals surface area contributed by atoms with Gasteiger partial charge in [0, 0.05) is 22.9 Å². The molecule has 3 aromatic rings. The Morgan fingerprint density at radius 3 is 2.96 bits per heavy atom. The molecule has 8 heteroatoms. The van der Waals surface area contributed by atoms with E-state index in [0.29, 0.717) is 16.0 Å². The summed E-state index contributed by atoms with van der Waals surface area (Å²) < 4.78 is 0. The normalized spacial score (nSPS) is 12.4. The van der Waals surface area contributed by atoms with Gasteiger partial charge in [0.05, 0.1) is 18.0 Å². The highest BCUT2D eigenvalue weighted by Crippen LogP contribution is 2.33. The van der Waals surface area contributed by atoms with Crippen LogP contribution in [0.3, 0.4) is 0 Å². The van der Waals surface area contributed by atoms with Gasteiger partial charge < -0.3 is 10.3 Å². The highest BCUT2D eigenvalue weighted by Gasteiger charge is 2.16. The molecule has 0 radical (unpaired) electrons. The third-order valence-electron chi connectivity index (χ3n) is 3.51. The maximum absolute atomic E-state index is 12.5. The van der Waals surface area contributed by atoms with Gasteiger partial charge in [-0.15, -0.1) is 22.7 Å². The van der Waals surface area contributed by atoms with Gasteiger partial charge in [-0.2, -0.15) is 0 Å². The molecule has 0 spiro atoms. The van der Waals surface area contributed by atoms with Gasteiger partial charge >= 0.3 is 0 Å². The van der Waals surface area contributed by atoms with Gasteiger partial charge in [0.2, 0.25) is 5.91 Å². The van der Waals surface area contributed by atoms with E-state index in [1.807, 2.05) is 29.8 Å². The summed E-state index contributed by atoms with van der Waals surface area (Å²) in [6.07, 6.45) is 0. The van der Waals surface area contributed by atoms with E-state index in [9.17, 15) is 9.59 Å². The zero-order valence-electron chi connectivity index (χ0n) is 12.7. The third-order valence-corrected chi connectivity index (χ3v) is 5.28. The second-order valence-electron chi connectivity index (χ2n) is 5.03. The van der Waals surface area contributed by atoms with Gasteiger partial charge in [-0.1, -0.05) is 6.07 Å². The summed E-state index contributed by atoms with van der Waals surface area (Å²) >= 11 is 3.05. The first-order valence-electron chi connectivity index (χ1n) is 7.09. The first-order valence-corrected chi connectivity index (χ1v) is 8.85. The van der Waals surface area contributed by atoms with Gasteiger partial charge in [-0.05, 0) is 18.4 Å². The minimum atomic E-state index is -0.225. The van der Waals surface area contributed by atoms with Crippen LogP contribution in [0.4, 0.5) is 0 Å². The summed E-state index contributed by atoms with van der Waals surface area (Å²) in [5.74, 6) is 0.419. The van der Waals surface area contributed by atoms with Crippen LogP contribution in [-0.2, 0) is 4.79 Å². The number of nitrogens with one attached hydrogen (secondary N) is 3. The summed E-state index contributed by atoms with van der Waals surface area (Å²) in [5.41, 5.74) is 0.773. The monoisotopic (exact) mass is 348 g/mol. The molecule has 0 aliphatic rings. The number of rotatable bonds is 5. The molecule has 3 N–H and O–H groups in total. The first kappa shape index (κ1) is 15.9. The van der Waals surface area contributed by atoms with Crippen molar-refractivity contribution in [1.82, 2.24) is 20.6 Å². The minimum Gasteiger partial charge on any atom is -0.358 e. The lowest BCUT2D eigenvalue weighted by atomic mass is 10.2. The molecule has 0 aliphatic carbocycles. The molecule has 3 rings (SSSR count). The molecule has 120 valence electrons. The number of fused-ring (bicyclic) bond motifs is 1. The van der Waals surface area contributed by atoms with Crippen LogP contribution in [0.5, 0.6) is 0 Å². The van der Waals surface area contributed by atoms with Crippen molar-refractivity contribution in [2.24, 2.45) is 0 Å².